The highest BCUT2D eigenvalue weighted by Crippen LogP contribution is 2.74. The summed E-state index contributed by atoms with van der Waals surface area (Å²) in [5, 5.41) is 19.9. The Hall–Kier alpha value is -1.94. The van der Waals surface area contributed by atoms with Gasteiger partial charge < -0.3 is 0 Å². The zero-order valence-electron chi connectivity index (χ0n) is 22.7. The quantitative estimate of drug-likeness (QED) is 0.393. The van der Waals surface area contributed by atoms with Crippen LogP contribution in [0.2, 0.25) is 0 Å². The van der Waals surface area contributed by atoms with E-state index in [1.807, 2.05) is 19.9 Å². The molecular formula is C31H42N2O2. The Morgan fingerprint density at radius 2 is 1.51 bits per heavy atom. The molecule has 5 aliphatic carbocycles. The first kappa shape index (κ1) is 24.7. The second-order valence-electron chi connectivity index (χ2n) is 14.9. The van der Waals surface area contributed by atoms with Gasteiger partial charge in [0.15, 0.2) is 5.78 Å². The van der Waals surface area contributed by atoms with E-state index in [2.05, 4.69) is 46.8 Å². The Labute approximate surface area is 211 Å². The number of allylic oxidation sites excluding steroid dienone is 2. The van der Waals surface area contributed by atoms with E-state index in [-0.39, 0.29) is 62.6 Å². The van der Waals surface area contributed by atoms with E-state index in [0.29, 0.717) is 18.1 Å². The van der Waals surface area contributed by atoms with Crippen LogP contribution in [0.3, 0.4) is 0 Å². The van der Waals surface area contributed by atoms with Crippen molar-refractivity contribution >= 4 is 11.6 Å². The third-order valence-corrected chi connectivity index (χ3v) is 12.5. The molecule has 0 aromatic carbocycles. The lowest BCUT2D eigenvalue weighted by atomic mass is 9.32. The molecule has 5 rings (SSSR count). The van der Waals surface area contributed by atoms with Crippen molar-refractivity contribution in [3.05, 3.63) is 11.6 Å². The van der Waals surface area contributed by atoms with E-state index in [0.717, 1.165) is 38.5 Å². The van der Waals surface area contributed by atoms with Crippen molar-refractivity contribution in [3.8, 4) is 12.1 Å². The lowest BCUT2D eigenvalue weighted by molar-refractivity contribution is -0.212. The normalized spacial score (nSPS) is 49.8. The van der Waals surface area contributed by atoms with Gasteiger partial charge in [-0.15, -0.1) is 0 Å². The van der Waals surface area contributed by atoms with Gasteiger partial charge in [0.25, 0.3) is 0 Å². The van der Waals surface area contributed by atoms with Gasteiger partial charge in [0.05, 0.1) is 11.6 Å². The summed E-state index contributed by atoms with van der Waals surface area (Å²) in [6, 6.07) is 4.84. The monoisotopic (exact) mass is 474 g/mol. The predicted octanol–water partition coefficient (Wildman–Crippen LogP) is 6.67. The predicted molar refractivity (Wildman–Crippen MR) is 134 cm³/mol. The van der Waals surface area contributed by atoms with Crippen LogP contribution in [0.1, 0.15) is 93.4 Å². The number of carbonyl (C=O) groups excluding carboxylic acids is 2. The molecule has 188 valence electrons. The molecule has 9 atom stereocenters. The molecule has 0 amide bonds. The molecule has 0 aliphatic heterocycles. The Balaban J connectivity index is 1.62. The first-order chi connectivity index (χ1) is 16.2. The third kappa shape index (κ3) is 3.01. The van der Waals surface area contributed by atoms with Gasteiger partial charge in [-0.1, -0.05) is 54.5 Å². The molecule has 5 aliphatic rings. The maximum atomic E-state index is 14.2. The molecule has 35 heavy (non-hydrogen) atoms. The van der Waals surface area contributed by atoms with E-state index in [1.165, 1.54) is 0 Å². The molecule has 3 unspecified atom stereocenters. The number of fused-ring (bicyclic) bond motifs is 7. The van der Waals surface area contributed by atoms with Crippen LogP contribution in [-0.4, -0.2) is 11.6 Å². The van der Waals surface area contributed by atoms with Crippen LogP contribution in [0.5, 0.6) is 0 Å². The second-order valence-corrected chi connectivity index (χ2v) is 14.9. The fourth-order valence-corrected chi connectivity index (χ4v) is 10.8. The molecule has 4 nitrogen and oxygen atoms in total. The van der Waals surface area contributed by atoms with Gasteiger partial charge in [0.2, 0.25) is 0 Å². The van der Waals surface area contributed by atoms with Gasteiger partial charge >= 0.3 is 0 Å². The number of ketones is 2. The number of hydrogen-bond acceptors (Lipinski definition) is 4. The second kappa shape index (κ2) is 7.31. The van der Waals surface area contributed by atoms with Gasteiger partial charge in [0, 0.05) is 23.7 Å². The molecule has 0 saturated heterocycles. The summed E-state index contributed by atoms with van der Waals surface area (Å²) in [6.45, 7) is 15.6. The van der Waals surface area contributed by atoms with Gasteiger partial charge in [-0.2, -0.15) is 10.5 Å². The maximum absolute atomic E-state index is 14.2. The molecular weight excluding hydrogens is 432 g/mol. The largest absolute Gasteiger partial charge is 0.299 e. The van der Waals surface area contributed by atoms with E-state index in [9.17, 15) is 20.1 Å². The fourth-order valence-electron chi connectivity index (χ4n) is 10.8. The molecule has 0 aromatic rings. The minimum atomic E-state index is -0.595. The fraction of sp³-hybridized carbons (Fsp3) is 0.806. The smallest absolute Gasteiger partial charge is 0.178 e. The van der Waals surface area contributed by atoms with Gasteiger partial charge in [-0.3, -0.25) is 9.59 Å². The van der Waals surface area contributed by atoms with Crippen LogP contribution >= 0.6 is 0 Å². The van der Waals surface area contributed by atoms with Gasteiger partial charge in [-0.05, 0) is 83.9 Å². The van der Waals surface area contributed by atoms with E-state index in [4.69, 9.17) is 0 Å². The minimum absolute atomic E-state index is 0.00993. The third-order valence-electron chi connectivity index (χ3n) is 12.5. The molecule has 0 bridgehead atoms. The Kier molecular flexibility index (Phi) is 5.17. The summed E-state index contributed by atoms with van der Waals surface area (Å²) in [7, 11) is 0. The Morgan fingerprint density at radius 1 is 0.857 bits per heavy atom. The van der Waals surface area contributed by atoms with Crippen LogP contribution < -0.4 is 0 Å². The van der Waals surface area contributed by atoms with Crippen molar-refractivity contribution in [2.75, 3.05) is 0 Å². The summed E-state index contributed by atoms with van der Waals surface area (Å²) >= 11 is 0. The molecule has 0 heterocycles. The molecule has 0 aromatic heterocycles. The van der Waals surface area contributed by atoms with Gasteiger partial charge in [0.1, 0.15) is 11.9 Å². The highest BCUT2D eigenvalue weighted by Gasteiger charge is 2.71. The van der Waals surface area contributed by atoms with Crippen molar-refractivity contribution < 1.29 is 9.59 Å². The summed E-state index contributed by atoms with van der Waals surface area (Å²) in [5.74, 6) is 1.27. The zero-order chi connectivity index (χ0) is 25.8. The van der Waals surface area contributed by atoms with Crippen molar-refractivity contribution in [3.63, 3.8) is 0 Å². The highest BCUT2D eigenvalue weighted by atomic mass is 16.1. The molecule has 0 N–H and O–H groups in total. The number of hydrogen-bond donors (Lipinski definition) is 0. The molecule has 4 saturated carbocycles. The van der Waals surface area contributed by atoms with E-state index < -0.39 is 5.41 Å². The van der Waals surface area contributed by atoms with Crippen LogP contribution in [0.4, 0.5) is 0 Å². The van der Waals surface area contributed by atoms with Crippen molar-refractivity contribution in [1.29, 1.82) is 10.5 Å². The van der Waals surface area contributed by atoms with Crippen LogP contribution in [-0.2, 0) is 9.59 Å². The number of nitriles is 2. The van der Waals surface area contributed by atoms with Crippen LogP contribution in [0, 0.1) is 85.2 Å². The summed E-state index contributed by atoms with van der Waals surface area (Å²) < 4.78 is 0. The highest BCUT2D eigenvalue weighted by molar-refractivity contribution is 6.04. The summed E-state index contributed by atoms with van der Waals surface area (Å²) in [4.78, 5) is 27.4. The van der Waals surface area contributed by atoms with Crippen LogP contribution in [0.15, 0.2) is 11.6 Å². The average Bonchev–Trinajstić information content (AvgIpc) is 2.76. The number of rotatable bonds is 0. The molecule has 4 fully saturated rings. The number of carbonyl (C=O) groups is 2. The number of Topliss-reactive ketones (excluding diaryl/α,β-unsaturated/α-hetero) is 2. The van der Waals surface area contributed by atoms with Crippen molar-refractivity contribution in [2.24, 2.45) is 62.6 Å². The topological polar surface area (TPSA) is 81.7 Å². The number of nitrogens with zero attached hydrogens (tertiary/aromatic N) is 2. The lowest BCUT2D eigenvalue weighted by Gasteiger charge is -2.70. The Morgan fingerprint density at radius 3 is 2.14 bits per heavy atom. The Bertz CT molecular complexity index is 1100. The average molecular weight is 475 g/mol. The first-order valence-electron chi connectivity index (χ1n) is 13.8. The first-order valence-corrected chi connectivity index (χ1v) is 13.8. The molecule has 4 heteroatoms. The lowest BCUT2D eigenvalue weighted by Crippen LogP contribution is -2.67. The molecule has 0 spiro atoms. The van der Waals surface area contributed by atoms with Crippen LogP contribution in [0.25, 0.3) is 0 Å². The zero-order valence-corrected chi connectivity index (χ0v) is 22.7. The van der Waals surface area contributed by atoms with E-state index >= 15 is 0 Å². The minimum Gasteiger partial charge on any atom is -0.299 e. The standard InChI is InChI=1S/C31H42N2O2/c1-27(2)13-18(16-32)20-8-10-31(7)25(21(20)15-27)22(34)12-24-29(5)14-19(17-33)26(35)28(3,4)23(29)9-11-30(24,31)6/h14,18,20-21,23-25H,8-13,15H2,1-7H3/t18-,20?,21?,23-,24+,25?,29-,30+,31+/m0/s1. The molecule has 0 radical (unpaired) electrons. The summed E-state index contributed by atoms with van der Waals surface area (Å²) in [6.07, 6.45) is 8.48. The van der Waals surface area contributed by atoms with Crippen molar-refractivity contribution in [1.82, 2.24) is 0 Å². The SMILES string of the molecule is CC1(C)CC2C(CC[C@]3(C)C2C(=O)C[C@@H]2[C@@]4(C)C=C(C#N)C(=O)C(C)(C)[C@@H]4CC[C@]23C)[C@H](C#N)C1. The van der Waals surface area contributed by atoms with E-state index in [1.54, 1.807) is 0 Å². The summed E-state index contributed by atoms with van der Waals surface area (Å²) in [5.41, 5.74) is -0.744. The van der Waals surface area contributed by atoms with Crippen molar-refractivity contribution in [2.45, 2.75) is 93.4 Å². The maximum Gasteiger partial charge on any atom is 0.178 e. The van der Waals surface area contributed by atoms with Gasteiger partial charge in [-0.25, -0.2) is 0 Å².